The van der Waals surface area contributed by atoms with Gasteiger partial charge in [-0.15, -0.1) is 0 Å². The molecule has 20 heavy (non-hydrogen) atoms. The SMILES string of the molecule is CCNC(Cc1ccc(Br)cn1)c1c(F)cccc1Br. The van der Waals surface area contributed by atoms with Gasteiger partial charge in [-0.2, -0.15) is 0 Å². The summed E-state index contributed by atoms with van der Waals surface area (Å²) in [6, 6.07) is 8.83. The number of aromatic nitrogens is 1. The van der Waals surface area contributed by atoms with Crippen LogP contribution < -0.4 is 5.32 Å². The zero-order valence-electron chi connectivity index (χ0n) is 11.0. The topological polar surface area (TPSA) is 24.9 Å². The molecule has 2 nitrogen and oxygen atoms in total. The Morgan fingerprint density at radius 2 is 2.05 bits per heavy atom. The molecule has 1 N–H and O–H groups in total. The molecule has 1 atom stereocenters. The summed E-state index contributed by atoms with van der Waals surface area (Å²) < 4.78 is 15.8. The molecule has 0 aliphatic carbocycles. The molecule has 0 saturated heterocycles. The molecule has 0 amide bonds. The van der Waals surface area contributed by atoms with Gasteiger partial charge in [0.15, 0.2) is 0 Å². The summed E-state index contributed by atoms with van der Waals surface area (Å²) in [6.07, 6.45) is 2.40. The fraction of sp³-hybridized carbons (Fsp3) is 0.267. The standard InChI is InChI=1S/C15H15Br2FN2/c1-2-19-14(8-11-7-6-10(16)9-20-11)15-12(17)4-3-5-13(15)18/h3-7,9,14,19H,2,8H2,1H3. The van der Waals surface area contributed by atoms with Crippen molar-refractivity contribution in [3.63, 3.8) is 0 Å². The molecule has 0 spiro atoms. The van der Waals surface area contributed by atoms with Crippen LogP contribution in [0.2, 0.25) is 0 Å². The molecule has 1 unspecified atom stereocenters. The van der Waals surface area contributed by atoms with E-state index in [2.05, 4.69) is 42.2 Å². The molecule has 106 valence electrons. The van der Waals surface area contributed by atoms with Crippen LogP contribution in [0, 0.1) is 5.82 Å². The quantitative estimate of drug-likeness (QED) is 0.789. The molecule has 0 radical (unpaired) electrons. The first-order chi connectivity index (χ1) is 9.61. The lowest BCUT2D eigenvalue weighted by atomic mass is 10.0. The van der Waals surface area contributed by atoms with Gasteiger partial charge >= 0.3 is 0 Å². The van der Waals surface area contributed by atoms with Gasteiger partial charge in [0.2, 0.25) is 0 Å². The van der Waals surface area contributed by atoms with Crippen LogP contribution in [0.25, 0.3) is 0 Å². The van der Waals surface area contributed by atoms with E-state index in [0.717, 1.165) is 21.2 Å². The molecule has 1 aromatic heterocycles. The van der Waals surface area contributed by atoms with Gasteiger partial charge in [0.1, 0.15) is 5.82 Å². The third-order valence-electron chi connectivity index (χ3n) is 3.00. The molecule has 5 heteroatoms. The van der Waals surface area contributed by atoms with E-state index in [-0.39, 0.29) is 11.9 Å². The fourth-order valence-electron chi connectivity index (χ4n) is 2.10. The average Bonchev–Trinajstić information content (AvgIpc) is 2.41. The predicted octanol–water partition coefficient (Wildman–Crippen LogP) is 4.64. The Labute approximate surface area is 135 Å². The number of hydrogen-bond acceptors (Lipinski definition) is 2. The highest BCUT2D eigenvalue weighted by Crippen LogP contribution is 2.28. The summed E-state index contributed by atoms with van der Waals surface area (Å²) in [5.74, 6) is -0.206. The summed E-state index contributed by atoms with van der Waals surface area (Å²) in [5, 5.41) is 3.32. The first-order valence-electron chi connectivity index (χ1n) is 6.39. The molecule has 1 heterocycles. The monoisotopic (exact) mass is 400 g/mol. The molecule has 2 rings (SSSR count). The summed E-state index contributed by atoms with van der Waals surface area (Å²) in [7, 11) is 0. The van der Waals surface area contributed by atoms with Gasteiger partial charge in [-0.3, -0.25) is 4.98 Å². The first-order valence-corrected chi connectivity index (χ1v) is 7.98. The van der Waals surface area contributed by atoms with Gasteiger partial charge in [-0.05, 0) is 46.7 Å². The van der Waals surface area contributed by atoms with E-state index in [1.807, 2.05) is 25.1 Å². The van der Waals surface area contributed by atoms with Gasteiger partial charge in [-0.1, -0.05) is 28.9 Å². The van der Waals surface area contributed by atoms with E-state index in [1.165, 1.54) is 6.07 Å². The van der Waals surface area contributed by atoms with Crippen molar-refractivity contribution in [3.8, 4) is 0 Å². The van der Waals surface area contributed by atoms with Crippen LogP contribution in [-0.4, -0.2) is 11.5 Å². The zero-order valence-corrected chi connectivity index (χ0v) is 14.2. The Bertz CT molecular complexity index is 552. The number of nitrogens with zero attached hydrogens (tertiary/aromatic N) is 1. The summed E-state index contributed by atoms with van der Waals surface area (Å²) in [5.41, 5.74) is 1.58. The molecule has 0 bridgehead atoms. The van der Waals surface area contributed by atoms with E-state index in [1.54, 1.807) is 12.3 Å². The largest absolute Gasteiger partial charge is 0.310 e. The second-order valence-electron chi connectivity index (χ2n) is 4.42. The van der Waals surface area contributed by atoms with Crippen LogP contribution in [0.5, 0.6) is 0 Å². The highest BCUT2D eigenvalue weighted by atomic mass is 79.9. The van der Waals surface area contributed by atoms with E-state index < -0.39 is 0 Å². The van der Waals surface area contributed by atoms with Crippen molar-refractivity contribution in [3.05, 3.63) is 62.5 Å². The summed E-state index contributed by atoms with van der Waals surface area (Å²) >= 11 is 6.80. The van der Waals surface area contributed by atoms with Crippen LogP contribution in [-0.2, 0) is 6.42 Å². The number of nitrogens with one attached hydrogen (secondary N) is 1. The molecule has 0 aliphatic rings. The van der Waals surface area contributed by atoms with E-state index >= 15 is 0 Å². The van der Waals surface area contributed by atoms with Crippen LogP contribution in [0.3, 0.4) is 0 Å². The normalized spacial score (nSPS) is 12.4. The predicted molar refractivity (Wildman–Crippen MR) is 86.2 cm³/mol. The third kappa shape index (κ3) is 3.87. The number of halogens is 3. The van der Waals surface area contributed by atoms with Crippen molar-refractivity contribution < 1.29 is 4.39 Å². The molecule has 0 aliphatic heterocycles. The van der Waals surface area contributed by atoms with E-state index in [9.17, 15) is 4.39 Å². The highest BCUT2D eigenvalue weighted by Gasteiger charge is 2.18. The summed E-state index contributed by atoms with van der Waals surface area (Å²) in [6.45, 7) is 2.78. The number of rotatable bonds is 5. The Hall–Kier alpha value is -0.780. The summed E-state index contributed by atoms with van der Waals surface area (Å²) in [4.78, 5) is 4.36. The van der Waals surface area contributed by atoms with Crippen molar-refractivity contribution >= 4 is 31.9 Å². The molecule has 2 aromatic rings. The Morgan fingerprint density at radius 3 is 2.65 bits per heavy atom. The first kappa shape index (κ1) is 15.6. The maximum atomic E-state index is 14.1. The smallest absolute Gasteiger partial charge is 0.129 e. The van der Waals surface area contributed by atoms with E-state index in [4.69, 9.17) is 0 Å². The zero-order chi connectivity index (χ0) is 14.5. The van der Waals surface area contributed by atoms with Gasteiger partial charge in [0.05, 0.1) is 0 Å². The van der Waals surface area contributed by atoms with Gasteiger partial charge < -0.3 is 5.32 Å². The second kappa shape index (κ2) is 7.29. The molecular weight excluding hydrogens is 387 g/mol. The minimum absolute atomic E-state index is 0.107. The minimum Gasteiger partial charge on any atom is -0.310 e. The Balaban J connectivity index is 2.29. The van der Waals surface area contributed by atoms with Crippen LogP contribution >= 0.6 is 31.9 Å². The lowest BCUT2D eigenvalue weighted by molar-refractivity contribution is 0.504. The van der Waals surface area contributed by atoms with Crippen molar-refractivity contribution in [2.45, 2.75) is 19.4 Å². The third-order valence-corrected chi connectivity index (χ3v) is 4.16. The second-order valence-corrected chi connectivity index (χ2v) is 6.19. The van der Waals surface area contributed by atoms with Gasteiger partial charge in [-0.25, -0.2) is 4.39 Å². The highest BCUT2D eigenvalue weighted by molar-refractivity contribution is 9.10. The maximum Gasteiger partial charge on any atom is 0.129 e. The van der Waals surface area contributed by atoms with Crippen molar-refractivity contribution in [1.29, 1.82) is 0 Å². The van der Waals surface area contributed by atoms with Crippen LogP contribution in [0.15, 0.2) is 45.5 Å². The van der Waals surface area contributed by atoms with Gasteiger partial charge in [0.25, 0.3) is 0 Å². The van der Waals surface area contributed by atoms with Crippen LogP contribution in [0.4, 0.5) is 4.39 Å². The molecular formula is C15H15Br2FN2. The number of pyridine rings is 1. The number of hydrogen-bond donors (Lipinski definition) is 1. The lowest BCUT2D eigenvalue weighted by Crippen LogP contribution is -2.24. The molecule has 0 saturated carbocycles. The fourth-order valence-corrected chi connectivity index (χ4v) is 2.96. The van der Waals surface area contributed by atoms with Crippen LogP contribution in [0.1, 0.15) is 24.2 Å². The maximum absolute atomic E-state index is 14.1. The van der Waals surface area contributed by atoms with Gasteiger partial charge in [0, 0.05) is 38.9 Å². The van der Waals surface area contributed by atoms with Crippen molar-refractivity contribution in [1.82, 2.24) is 10.3 Å². The number of likely N-dealkylation sites (N-methyl/N-ethyl adjacent to an activating group) is 1. The Morgan fingerprint density at radius 1 is 1.25 bits per heavy atom. The average molecular weight is 402 g/mol. The minimum atomic E-state index is -0.206. The molecule has 0 fully saturated rings. The van der Waals surface area contributed by atoms with Crippen molar-refractivity contribution in [2.24, 2.45) is 0 Å². The lowest BCUT2D eigenvalue weighted by Gasteiger charge is -2.20. The molecule has 1 aromatic carbocycles. The number of benzene rings is 1. The Kier molecular flexibility index (Phi) is 5.69. The van der Waals surface area contributed by atoms with Crippen molar-refractivity contribution in [2.75, 3.05) is 6.54 Å². The van der Waals surface area contributed by atoms with E-state index in [0.29, 0.717) is 12.0 Å².